The molecule has 1 atom stereocenters. The number of aromatic amines is 1. The van der Waals surface area contributed by atoms with Gasteiger partial charge in [0.2, 0.25) is 5.91 Å². The molecule has 0 spiro atoms. The second-order valence-electron chi connectivity index (χ2n) is 5.14. The van der Waals surface area contributed by atoms with Gasteiger partial charge >= 0.3 is 6.18 Å². The van der Waals surface area contributed by atoms with Gasteiger partial charge in [0.15, 0.2) is 3.95 Å². The minimum absolute atomic E-state index is 0.0529. The molecule has 0 aliphatic carbocycles. The molecule has 0 aliphatic rings. The van der Waals surface area contributed by atoms with Gasteiger partial charge in [-0.05, 0) is 30.8 Å². The van der Waals surface area contributed by atoms with Crippen LogP contribution in [-0.2, 0) is 17.4 Å². The molecule has 0 saturated heterocycles. The smallest absolute Gasteiger partial charge is 0.387 e. The predicted octanol–water partition coefficient (Wildman–Crippen LogP) is 3.53. The van der Waals surface area contributed by atoms with Crippen LogP contribution >= 0.6 is 23.6 Å². The number of amides is 1. The Balaban J connectivity index is 2.01. The lowest BCUT2D eigenvalue weighted by Crippen LogP contribution is -2.30. The summed E-state index contributed by atoms with van der Waals surface area (Å²) in [5, 5.41) is 12.5. The van der Waals surface area contributed by atoms with Gasteiger partial charge in [0.05, 0.1) is 18.1 Å². The quantitative estimate of drug-likeness (QED) is 0.700. The van der Waals surface area contributed by atoms with Crippen LogP contribution in [0.3, 0.4) is 0 Å². The number of H-pyrrole nitrogens is 1. The van der Waals surface area contributed by atoms with E-state index >= 15 is 0 Å². The fourth-order valence-electron chi connectivity index (χ4n) is 2.18. The zero-order chi connectivity index (χ0) is 17.9. The lowest BCUT2D eigenvalue weighted by atomic mass is 10.0. The molecule has 9 heteroatoms. The normalized spacial score (nSPS) is 12.9. The maximum atomic E-state index is 12.9. The monoisotopic (exact) mass is 376 g/mol. The van der Waals surface area contributed by atoms with Crippen LogP contribution in [0.15, 0.2) is 24.3 Å². The molecule has 0 bridgehead atoms. The lowest BCUT2D eigenvalue weighted by molar-refractivity contribution is -0.139. The van der Waals surface area contributed by atoms with Crippen LogP contribution in [0.1, 0.15) is 27.8 Å². The molecule has 0 aliphatic heterocycles. The van der Waals surface area contributed by atoms with Crippen molar-refractivity contribution >= 4 is 29.5 Å². The minimum atomic E-state index is -4.56. The van der Waals surface area contributed by atoms with E-state index in [-0.39, 0.29) is 18.5 Å². The largest absolute Gasteiger partial charge is 0.416 e. The van der Waals surface area contributed by atoms with Crippen LogP contribution in [-0.4, -0.2) is 22.5 Å². The molecule has 1 amide bonds. The van der Waals surface area contributed by atoms with E-state index in [9.17, 15) is 23.1 Å². The first-order valence-electron chi connectivity index (χ1n) is 6.98. The maximum absolute atomic E-state index is 12.9. The summed E-state index contributed by atoms with van der Waals surface area (Å²) in [6, 6.07) is 4.75. The lowest BCUT2D eigenvalue weighted by Gasteiger charge is -2.17. The molecular formula is C15H15F3N2O2S2. The molecule has 0 saturated carbocycles. The number of thiazole rings is 1. The highest BCUT2D eigenvalue weighted by Crippen LogP contribution is 2.34. The van der Waals surface area contributed by atoms with Gasteiger partial charge in [-0.25, -0.2) is 0 Å². The molecule has 3 N–H and O–H groups in total. The Kier molecular flexibility index (Phi) is 5.79. The van der Waals surface area contributed by atoms with Crippen molar-refractivity contribution in [1.29, 1.82) is 0 Å². The summed E-state index contributed by atoms with van der Waals surface area (Å²) in [4.78, 5) is 15.6. The molecule has 130 valence electrons. The van der Waals surface area contributed by atoms with Crippen LogP contribution in [0.4, 0.5) is 13.2 Å². The molecule has 1 unspecified atom stereocenters. The Bertz CT molecular complexity index is 784. The highest BCUT2D eigenvalue weighted by molar-refractivity contribution is 7.73. The molecule has 0 radical (unpaired) electrons. The topological polar surface area (TPSA) is 65.1 Å². The van der Waals surface area contributed by atoms with Crippen molar-refractivity contribution in [3.05, 3.63) is 49.9 Å². The number of nitrogens with one attached hydrogen (secondary N) is 2. The Labute approximate surface area is 145 Å². The zero-order valence-corrected chi connectivity index (χ0v) is 14.2. The number of alkyl halides is 3. The number of carbonyl (C=O) groups is 1. The molecule has 1 aromatic heterocycles. The first kappa shape index (κ1) is 18.6. The standard InChI is InChI=1S/C15H15F3N2O2S2/c1-8-12(24-14(23)20-8)6-13(22)19-7-11(21)9-4-2-3-5-10(9)15(16,17)18/h2-5,11,21H,6-7H2,1H3,(H,19,22)(H,20,23). The molecule has 1 aromatic carbocycles. The Morgan fingerprint density at radius 1 is 1.42 bits per heavy atom. The van der Waals surface area contributed by atoms with E-state index in [1.807, 2.05) is 0 Å². The van der Waals surface area contributed by atoms with E-state index < -0.39 is 23.8 Å². The van der Waals surface area contributed by atoms with Crippen molar-refractivity contribution in [2.24, 2.45) is 0 Å². The van der Waals surface area contributed by atoms with E-state index in [0.29, 0.717) is 3.95 Å². The average Bonchev–Trinajstić information content (AvgIpc) is 2.81. The molecule has 1 heterocycles. The van der Waals surface area contributed by atoms with Gasteiger partial charge in [-0.3, -0.25) is 4.79 Å². The number of hydrogen-bond donors (Lipinski definition) is 3. The zero-order valence-electron chi connectivity index (χ0n) is 12.6. The van der Waals surface area contributed by atoms with Gasteiger partial charge in [-0.15, -0.1) is 11.3 Å². The number of hydrogen-bond acceptors (Lipinski definition) is 4. The van der Waals surface area contributed by atoms with Gasteiger partial charge in [-0.2, -0.15) is 13.2 Å². The van der Waals surface area contributed by atoms with Crippen LogP contribution in [0, 0.1) is 10.9 Å². The molecule has 2 rings (SSSR count). The van der Waals surface area contributed by atoms with Gasteiger partial charge in [0.25, 0.3) is 0 Å². The van der Waals surface area contributed by atoms with Gasteiger partial charge in [0, 0.05) is 17.1 Å². The summed E-state index contributed by atoms with van der Waals surface area (Å²) in [6.07, 6.45) is -5.96. The summed E-state index contributed by atoms with van der Waals surface area (Å²) in [6.45, 7) is 1.48. The van der Waals surface area contributed by atoms with Gasteiger partial charge in [-0.1, -0.05) is 18.2 Å². The van der Waals surface area contributed by atoms with Crippen molar-refractivity contribution < 1.29 is 23.1 Å². The van der Waals surface area contributed by atoms with Gasteiger partial charge < -0.3 is 15.4 Å². The van der Waals surface area contributed by atoms with Crippen molar-refractivity contribution in [2.45, 2.75) is 25.6 Å². The number of halogens is 3. The maximum Gasteiger partial charge on any atom is 0.416 e. The second kappa shape index (κ2) is 7.45. The van der Waals surface area contributed by atoms with E-state index in [1.165, 1.54) is 29.5 Å². The first-order chi connectivity index (χ1) is 11.2. The average molecular weight is 376 g/mol. The number of rotatable bonds is 5. The number of aromatic nitrogens is 1. The van der Waals surface area contributed by atoms with Crippen molar-refractivity contribution in [3.63, 3.8) is 0 Å². The van der Waals surface area contributed by atoms with Crippen LogP contribution in [0.2, 0.25) is 0 Å². The van der Waals surface area contributed by atoms with E-state index in [2.05, 4.69) is 10.3 Å². The molecule has 2 aromatic rings. The van der Waals surface area contributed by atoms with Crippen molar-refractivity contribution in [2.75, 3.05) is 6.54 Å². The van der Waals surface area contributed by atoms with E-state index in [4.69, 9.17) is 12.2 Å². The third-order valence-electron chi connectivity index (χ3n) is 3.36. The van der Waals surface area contributed by atoms with Gasteiger partial charge in [0.1, 0.15) is 0 Å². The summed E-state index contributed by atoms with van der Waals surface area (Å²) < 4.78 is 39.3. The Hall–Kier alpha value is -1.71. The number of benzene rings is 1. The molecular weight excluding hydrogens is 361 g/mol. The van der Waals surface area contributed by atoms with Crippen molar-refractivity contribution in [3.8, 4) is 0 Å². The highest BCUT2D eigenvalue weighted by Gasteiger charge is 2.34. The summed E-state index contributed by atoms with van der Waals surface area (Å²) in [5.74, 6) is -0.396. The van der Waals surface area contributed by atoms with Crippen LogP contribution in [0.5, 0.6) is 0 Å². The number of carbonyl (C=O) groups excluding carboxylic acids is 1. The van der Waals surface area contributed by atoms with E-state index in [1.54, 1.807) is 6.92 Å². The summed E-state index contributed by atoms with van der Waals surface area (Å²) in [7, 11) is 0. The number of aliphatic hydroxyl groups is 1. The highest BCUT2D eigenvalue weighted by atomic mass is 32.1. The van der Waals surface area contributed by atoms with Crippen molar-refractivity contribution in [1.82, 2.24) is 10.3 Å². The molecule has 4 nitrogen and oxygen atoms in total. The number of aryl methyl sites for hydroxylation is 1. The predicted molar refractivity (Wildman–Crippen MR) is 87.4 cm³/mol. The fraction of sp³-hybridized carbons (Fsp3) is 0.333. The minimum Gasteiger partial charge on any atom is -0.387 e. The van der Waals surface area contributed by atoms with Crippen LogP contribution < -0.4 is 5.32 Å². The Morgan fingerprint density at radius 3 is 2.67 bits per heavy atom. The number of aliphatic hydroxyl groups excluding tert-OH is 1. The fourth-order valence-corrected chi connectivity index (χ4v) is 3.47. The Morgan fingerprint density at radius 2 is 2.08 bits per heavy atom. The SMILES string of the molecule is Cc1[nH]c(=S)sc1CC(=O)NCC(O)c1ccccc1C(F)(F)F. The molecule has 0 fully saturated rings. The third kappa shape index (κ3) is 4.65. The first-order valence-corrected chi connectivity index (χ1v) is 8.20. The van der Waals surface area contributed by atoms with E-state index in [0.717, 1.165) is 16.6 Å². The third-order valence-corrected chi connectivity index (χ3v) is 4.70. The second-order valence-corrected chi connectivity index (χ2v) is 6.92. The summed E-state index contributed by atoms with van der Waals surface area (Å²) in [5.41, 5.74) is -0.395. The summed E-state index contributed by atoms with van der Waals surface area (Å²) >= 11 is 6.24. The molecule has 24 heavy (non-hydrogen) atoms. The van der Waals surface area contributed by atoms with Crippen LogP contribution in [0.25, 0.3) is 0 Å².